The van der Waals surface area contributed by atoms with Gasteiger partial charge in [-0.15, -0.1) is 0 Å². The van der Waals surface area contributed by atoms with Crippen molar-refractivity contribution in [1.82, 2.24) is 0 Å². The molecule has 1 saturated heterocycles. The number of carbonyl (C=O) groups is 1. The van der Waals surface area contributed by atoms with Crippen molar-refractivity contribution < 1.29 is 22.7 Å². The first-order valence-corrected chi connectivity index (χ1v) is 7.89. The Bertz CT molecular complexity index is 597. The van der Waals surface area contributed by atoms with Crippen molar-refractivity contribution in [3.8, 4) is 0 Å². The number of amides is 1. The molecule has 1 spiro atoms. The van der Waals surface area contributed by atoms with E-state index >= 15 is 0 Å². The summed E-state index contributed by atoms with van der Waals surface area (Å²) in [5.41, 5.74) is 0.691. The van der Waals surface area contributed by atoms with E-state index in [-0.39, 0.29) is 12.5 Å². The van der Waals surface area contributed by atoms with Crippen LogP contribution in [0.4, 0.5) is 18.9 Å². The lowest BCUT2D eigenvalue weighted by atomic mass is 9.75. The number of anilines is 1. The van der Waals surface area contributed by atoms with Crippen LogP contribution in [0.3, 0.4) is 0 Å². The van der Waals surface area contributed by atoms with Gasteiger partial charge in [0.25, 0.3) is 0 Å². The fraction of sp³-hybridized carbons (Fsp3) is 0.533. The van der Waals surface area contributed by atoms with E-state index in [1.165, 1.54) is 4.90 Å². The zero-order chi connectivity index (χ0) is 16.0. The van der Waals surface area contributed by atoms with Crippen LogP contribution < -0.4 is 4.90 Å². The van der Waals surface area contributed by atoms with E-state index in [9.17, 15) is 18.0 Å². The summed E-state index contributed by atoms with van der Waals surface area (Å²) in [4.78, 5) is 14.1. The molecule has 2 aliphatic heterocycles. The summed E-state index contributed by atoms with van der Waals surface area (Å²) in [6.07, 6.45) is -4.25. The molecule has 0 bridgehead atoms. The maximum Gasteiger partial charge on any atom is 0.390 e. The first kappa shape index (κ1) is 15.8. The lowest BCUT2D eigenvalue weighted by Gasteiger charge is -2.32. The van der Waals surface area contributed by atoms with Gasteiger partial charge in [-0.05, 0) is 30.5 Å². The van der Waals surface area contributed by atoms with E-state index in [1.54, 1.807) is 6.07 Å². The molecule has 3 nitrogen and oxygen atoms in total. The number of alkyl halides is 3. The van der Waals surface area contributed by atoms with Crippen LogP contribution in [0.25, 0.3) is 0 Å². The topological polar surface area (TPSA) is 29.5 Å². The van der Waals surface area contributed by atoms with Crippen molar-refractivity contribution in [1.29, 1.82) is 0 Å². The molecule has 0 aliphatic carbocycles. The predicted molar refractivity (Wildman–Crippen MR) is 78.9 cm³/mol. The minimum Gasteiger partial charge on any atom is -0.381 e. The quantitative estimate of drug-likeness (QED) is 0.784. The predicted octanol–water partition coefficient (Wildman–Crippen LogP) is 3.80. The number of hydrogen-bond acceptors (Lipinski definition) is 2. The normalized spacial score (nSPS) is 20.5. The molecule has 1 amide bonds. The van der Waals surface area contributed by atoms with E-state index in [0.717, 1.165) is 10.0 Å². The number of hydrogen-bond donors (Lipinski definition) is 0. The number of halogens is 4. The van der Waals surface area contributed by atoms with Gasteiger partial charge < -0.3 is 9.64 Å². The summed E-state index contributed by atoms with van der Waals surface area (Å²) in [7, 11) is 0. The standard InChI is InChI=1S/C15H15BrF3NO2/c16-10-1-2-11-12(9-10)20(6-3-15(17,18)19)13(21)14(11)4-7-22-8-5-14/h1-2,9H,3-8H2. The van der Waals surface area contributed by atoms with Crippen molar-refractivity contribution >= 4 is 27.5 Å². The van der Waals surface area contributed by atoms with Gasteiger partial charge in [0.15, 0.2) is 0 Å². The average molecular weight is 378 g/mol. The Hall–Kier alpha value is -1.08. The van der Waals surface area contributed by atoms with Crippen molar-refractivity contribution in [2.75, 3.05) is 24.7 Å². The summed E-state index contributed by atoms with van der Waals surface area (Å²) in [5.74, 6) is -0.229. The minimum absolute atomic E-state index is 0.229. The number of ether oxygens (including phenoxy) is 1. The van der Waals surface area contributed by atoms with Crippen molar-refractivity contribution in [3.05, 3.63) is 28.2 Å². The molecule has 120 valence electrons. The molecule has 1 fully saturated rings. The molecule has 7 heteroatoms. The number of rotatable bonds is 2. The van der Waals surface area contributed by atoms with Gasteiger partial charge in [0.2, 0.25) is 5.91 Å². The van der Waals surface area contributed by atoms with Crippen molar-refractivity contribution in [2.45, 2.75) is 30.9 Å². The van der Waals surface area contributed by atoms with E-state index in [2.05, 4.69) is 15.9 Å². The Morgan fingerprint density at radius 1 is 1.27 bits per heavy atom. The highest BCUT2D eigenvalue weighted by molar-refractivity contribution is 9.10. The van der Waals surface area contributed by atoms with Crippen LogP contribution in [0.2, 0.25) is 0 Å². The van der Waals surface area contributed by atoms with Gasteiger partial charge in [-0.25, -0.2) is 0 Å². The van der Waals surface area contributed by atoms with Gasteiger partial charge in [0, 0.05) is 29.9 Å². The maximum absolute atomic E-state index is 12.9. The van der Waals surface area contributed by atoms with Crippen LogP contribution in [-0.2, 0) is 14.9 Å². The minimum atomic E-state index is -4.28. The Morgan fingerprint density at radius 2 is 1.95 bits per heavy atom. The van der Waals surface area contributed by atoms with Crippen LogP contribution in [0, 0.1) is 0 Å². The van der Waals surface area contributed by atoms with Crippen LogP contribution in [-0.4, -0.2) is 31.8 Å². The fourth-order valence-corrected chi connectivity index (χ4v) is 3.63. The molecular formula is C15H15BrF3NO2. The largest absolute Gasteiger partial charge is 0.390 e. The Balaban J connectivity index is 1.99. The second-order valence-electron chi connectivity index (χ2n) is 5.68. The molecule has 0 radical (unpaired) electrons. The van der Waals surface area contributed by atoms with Crippen LogP contribution in [0.15, 0.2) is 22.7 Å². The molecule has 0 saturated carbocycles. The Labute approximate surface area is 134 Å². The van der Waals surface area contributed by atoms with E-state index in [1.807, 2.05) is 12.1 Å². The zero-order valence-corrected chi connectivity index (χ0v) is 13.3. The summed E-state index contributed by atoms with van der Waals surface area (Å²) < 4.78 is 43.8. The van der Waals surface area contributed by atoms with E-state index in [4.69, 9.17) is 4.74 Å². The zero-order valence-electron chi connectivity index (χ0n) is 11.8. The third-order valence-corrected chi connectivity index (χ3v) is 4.88. The van der Waals surface area contributed by atoms with Gasteiger partial charge in [0.1, 0.15) is 0 Å². The molecule has 1 aromatic carbocycles. The molecule has 0 unspecified atom stereocenters. The van der Waals surface area contributed by atoms with Gasteiger partial charge in [-0.1, -0.05) is 22.0 Å². The molecule has 0 atom stereocenters. The molecular weight excluding hydrogens is 363 g/mol. The Kier molecular flexibility index (Phi) is 3.97. The smallest absolute Gasteiger partial charge is 0.381 e. The third kappa shape index (κ3) is 2.65. The van der Waals surface area contributed by atoms with Gasteiger partial charge in [-0.3, -0.25) is 4.79 Å². The molecule has 1 aromatic rings. The summed E-state index contributed by atoms with van der Waals surface area (Å²) >= 11 is 3.33. The lowest BCUT2D eigenvalue weighted by molar-refractivity contribution is -0.135. The van der Waals surface area contributed by atoms with E-state index in [0.29, 0.717) is 31.7 Å². The second-order valence-corrected chi connectivity index (χ2v) is 6.59. The van der Waals surface area contributed by atoms with Crippen molar-refractivity contribution in [3.63, 3.8) is 0 Å². The maximum atomic E-state index is 12.9. The van der Waals surface area contributed by atoms with Crippen molar-refractivity contribution in [2.24, 2.45) is 0 Å². The molecule has 3 rings (SSSR count). The Morgan fingerprint density at radius 3 is 2.59 bits per heavy atom. The highest BCUT2D eigenvalue weighted by Crippen LogP contribution is 2.48. The first-order chi connectivity index (χ1) is 10.3. The molecule has 22 heavy (non-hydrogen) atoms. The molecule has 0 aromatic heterocycles. The third-order valence-electron chi connectivity index (χ3n) is 4.39. The summed E-state index contributed by atoms with van der Waals surface area (Å²) in [5, 5.41) is 0. The van der Waals surface area contributed by atoms with Gasteiger partial charge in [0.05, 0.1) is 11.8 Å². The fourth-order valence-electron chi connectivity index (χ4n) is 3.28. The lowest BCUT2D eigenvalue weighted by Crippen LogP contribution is -2.44. The summed E-state index contributed by atoms with van der Waals surface area (Å²) in [6.45, 7) is 0.567. The number of benzene rings is 1. The van der Waals surface area contributed by atoms with Gasteiger partial charge >= 0.3 is 6.18 Å². The molecule has 2 heterocycles. The second kappa shape index (κ2) is 5.53. The molecule has 2 aliphatic rings. The number of fused-ring (bicyclic) bond motifs is 2. The first-order valence-electron chi connectivity index (χ1n) is 7.10. The summed E-state index contributed by atoms with van der Waals surface area (Å²) in [6, 6.07) is 5.40. The van der Waals surface area contributed by atoms with Crippen LogP contribution in [0.5, 0.6) is 0 Å². The van der Waals surface area contributed by atoms with Crippen LogP contribution in [0.1, 0.15) is 24.8 Å². The highest BCUT2D eigenvalue weighted by Gasteiger charge is 2.51. The van der Waals surface area contributed by atoms with Gasteiger partial charge in [-0.2, -0.15) is 13.2 Å². The SMILES string of the molecule is O=C1N(CCC(F)(F)F)c2cc(Br)ccc2C12CCOCC2. The van der Waals surface area contributed by atoms with Crippen LogP contribution >= 0.6 is 15.9 Å². The highest BCUT2D eigenvalue weighted by atomic mass is 79.9. The average Bonchev–Trinajstić information content (AvgIpc) is 2.66. The monoisotopic (exact) mass is 377 g/mol. The number of carbonyl (C=O) groups excluding carboxylic acids is 1. The number of nitrogens with zero attached hydrogens (tertiary/aromatic N) is 1. The van der Waals surface area contributed by atoms with E-state index < -0.39 is 18.0 Å². The molecule has 0 N–H and O–H groups in total.